The number of thioether (sulfide) groups is 1. The topological polar surface area (TPSA) is 12.0 Å². The molecule has 1 aromatic rings. The minimum atomic E-state index is 0.538. The van der Waals surface area contributed by atoms with E-state index >= 15 is 0 Å². The smallest absolute Gasteiger partial charge is 0.0440 e. The second-order valence-electron chi connectivity index (χ2n) is 5.40. The molecule has 1 N–H and O–H groups in total. The first-order valence-electron chi connectivity index (χ1n) is 7.14. The van der Waals surface area contributed by atoms with Crippen molar-refractivity contribution < 1.29 is 0 Å². The average molecular weight is 263 g/mol. The van der Waals surface area contributed by atoms with Crippen LogP contribution in [0.25, 0.3) is 0 Å². The Hall–Kier alpha value is -0.470. The largest absolute Gasteiger partial charge is 0.309 e. The lowest BCUT2D eigenvalue weighted by Gasteiger charge is -2.25. The van der Waals surface area contributed by atoms with Gasteiger partial charge in [0, 0.05) is 11.3 Å². The first-order valence-corrected chi connectivity index (χ1v) is 8.18. The predicted molar refractivity (Wildman–Crippen MR) is 82.4 cm³/mol. The van der Waals surface area contributed by atoms with Crippen LogP contribution in [0.2, 0.25) is 0 Å². The van der Waals surface area contributed by atoms with Crippen molar-refractivity contribution in [1.82, 2.24) is 5.32 Å². The standard InChI is InChI=1S/C16H25NS/c1-4-7-17-16(15-6-5-8-18-15)14-10-12(2)9-13(3)11-14/h9-11,15-17H,4-8H2,1-3H3. The van der Waals surface area contributed by atoms with Gasteiger partial charge in [0.05, 0.1) is 0 Å². The lowest BCUT2D eigenvalue weighted by atomic mass is 9.97. The van der Waals surface area contributed by atoms with E-state index < -0.39 is 0 Å². The molecule has 1 fully saturated rings. The van der Waals surface area contributed by atoms with Crippen LogP contribution in [0, 0.1) is 13.8 Å². The van der Waals surface area contributed by atoms with E-state index in [-0.39, 0.29) is 0 Å². The molecule has 18 heavy (non-hydrogen) atoms. The van der Waals surface area contributed by atoms with Crippen LogP contribution in [-0.2, 0) is 0 Å². The first-order chi connectivity index (χ1) is 8.70. The molecule has 1 aromatic carbocycles. The van der Waals surface area contributed by atoms with Crippen LogP contribution < -0.4 is 5.32 Å². The minimum Gasteiger partial charge on any atom is -0.309 e. The highest BCUT2D eigenvalue weighted by atomic mass is 32.2. The molecule has 1 saturated heterocycles. The second kappa shape index (κ2) is 6.63. The predicted octanol–water partition coefficient (Wildman–Crippen LogP) is 4.24. The van der Waals surface area contributed by atoms with Crippen molar-refractivity contribution in [3.63, 3.8) is 0 Å². The molecule has 2 unspecified atom stereocenters. The van der Waals surface area contributed by atoms with Gasteiger partial charge in [-0.05, 0) is 51.0 Å². The molecule has 0 spiro atoms. The fraction of sp³-hybridized carbons (Fsp3) is 0.625. The highest BCUT2D eigenvalue weighted by Crippen LogP contribution is 2.36. The number of hydrogen-bond donors (Lipinski definition) is 1. The fourth-order valence-electron chi connectivity index (χ4n) is 2.82. The molecule has 1 aliphatic heterocycles. The summed E-state index contributed by atoms with van der Waals surface area (Å²) in [4.78, 5) is 0. The van der Waals surface area contributed by atoms with Gasteiger partial charge in [0.1, 0.15) is 0 Å². The quantitative estimate of drug-likeness (QED) is 0.853. The Morgan fingerprint density at radius 3 is 2.56 bits per heavy atom. The molecule has 100 valence electrons. The van der Waals surface area contributed by atoms with E-state index in [9.17, 15) is 0 Å². The molecule has 1 aliphatic rings. The Balaban J connectivity index is 2.20. The molecule has 0 radical (unpaired) electrons. The van der Waals surface area contributed by atoms with Crippen LogP contribution in [0.1, 0.15) is 48.9 Å². The zero-order valence-corrected chi connectivity index (χ0v) is 12.6. The van der Waals surface area contributed by atoms with Crippen molar-refractivity contribution in [3.05, 3.63) is 34.9 Å². The highest BCUT2D eigenvalue weighted by molar-refractivity contribution is 8.00. The summed E-state index contributed by atoms with van der Waals surface area (Å²) in [6, 6.07) is 7.52. The lowest BCUT2D eigenvalue weighted by Crippen LogP contribution is -2.29. The zero-order chi connectivity index (χ0) is 13.0. The Kier molecular flexibility index (Phi) is 5.13. The van der Waals surface area contributed by atoms with Crippen LogP contribution in [0.5, 0.6) is 0 Å². The molecule has 1 heterocycles. The molecule has 0 amide bonds. The van der Waals surface area contributed by atoms with Crippen LogP contribution in [0.3, 0.4) is 0 Å². The number of rotatable bonds is 5. The van der Waals surface area contributed by atoms with E-state index in [1.54, 1.807) is 0 Å². The van der Waals surface area contributed by atoms with Crippen molar-refractivity contribution in [3.8, 4) is 0 Å². The lowest BCUT2D eigenvalue weighted by molar-refractivity contribution is 0.503. The minimum absolute atomic E-state index is 0.538. The summed E-state index contributed by atoms with van der Waals surface area (Å²) in [5.74, 6) is 1.33. The van der Waals surface area contributed by atoms with Gasteiger partial charge in [-0.3, -0.25) is 0 Å². The van der Waals surface area contributed by atoms with E-state index in [1.165, 1.54) is 41.7 Å². The van der Waals surface area contributed by atoms with E-state index in [0.717, 1.165) is 11.8 Å². The van der Waals surface area contributed by atoms with Gasteiger partial charge in [0.2, 0.25) is 0 Å². The number of aryl methyl sites for hydroxylation is 2. The molecule has 2 rings (SSSR count). The van der Waals surface area contributed by atoms with Gasteiger partial charge in [-0.2, -0.15) is 11.8 Å². The summed E-state index contributed by atoms with van der Waals surface area (Å²) in [5.41, 5.74) is 4.26. The maximum Gasteiger partial charge on any atom is 0.0440 e. The molecule has 2 atom stereocenters. The van der Waals surface area contributed by atoms with Crippen molar-refractivity contribution >= 4 is 11.8 Å². The molecule has 0 aromatic heterocycles. The Morgan fingerprint density at radius 1 is 1.28 bits per heavy atom. The molecule has 1 nitrogen and oxygen atoms in total. The van der Waals surface area contributed by atoms with Gasteiger partial charge < -0.3 is 5.32 Å². The third-order valence-electron chi connectivity index (χ3n) is 3.55. The fourth-order valence-corrected chi connectivity index (χ4v) is 4.23. The normalized spacial score (nSPS) is 21.2. The molecule has 2 heteroatoms. The van der Waals surface area contributed by atoms with Crippen molar-refractivity contribution in [2.75, 3.05) is 12.3 Å². The zero-order valence-electron chi connectivity index (χ0n) is 11.8. The van der Waals surface area contributed by atoms with Crippen molar-refractivity contribution in [2.45, 2.75) is 51.3 Å². The maximum atomic E-state index is 3.76. The van der Waals surface area contributed by atoms with Crippen LogP contribution >= 0.6 is 11.8 Å². The van der Waals surface area contributed by atoms with Gasteiger partial charge in [0.25, 0.3) is 0 Å². The van der Waals surface area contributed by atoms with Gasteiger partial charge in [-0.15, -0.1) is 0 Å². The molecule has 0 bridgehead atoms. The SMILES string of the molecule is CCCNC(c1cc(C)cc(C)c1)C1CCCS1. The third-order valence-corrected chi connectivity index (χ3v) is 5.01. The first kappa shape index (κ1) is 14.0. The van der Waals surface area contributed by atoms with Crippen LogP contribution in [0.15, 0.2) is 18.2 Å². The van der Waals surface area contributed by atoms with Gasteiger partial charge >= 0.3 is 0 Å². The van der Waals surface area contributed by atoms with E-state index in [4.69, 9.17) is 0 Å². The van der Waals surface area contributed by atoms with Crippen LogP contribution in [-0.4, -0.2) is 17.5 Å². The van der Waals surface area contributed by atoms with Gasteiger partial charge in [-0.1, -0.05) is 36.2 Å². The van der Waals surface area contributed by atoms with E-state index in [1.807, 2.05) is 0 Å². The van der Waals surface area contributed by atoms with E-state index in [0.29, 0.717) is 6.04 Å². The molecule has 0 aliphatic carbocycles. The maximum absolute atomic E-state index is 3.76. The molecule has 0 saturated carbocycles. The third kappa shape index (κ3) is 3.52. The summed E-state index contributed by atoms with van der Waals surface area (Å²) < 4.78 is 0. The second-order valence-corrected chi connectivity index (χ2v) is 6.75. The van der Waals surface area contributed by atoms with E-state index in [2.05, 4.69) is 56.0 Å². The average Bonchev–Trinajstić information content (AvgIpc) is 2.82. The van der Waals surface area contributed by atoms with Crippen LogP contribution in [0.4, 0.5) is 0 Å². The Morgan fingerprint density at radius 2 is 2.00 bits per heavy atom. The number of nitrogens with one attached hydrogen (secondary N) is 1. The van der Waals surface area contributed by atoms with Gasteiger partial charge in [-0.25, -0.2) is 0 Å². The molecular weight excluding hydrogens is 238 g/mol. The summed E-state index contributed by atoms with van der Waals surface area (Å²) >= 11 is 2.14. The highest BCUT2D eigenvalue weighted by Gasteiger charge is 2.26. The van der Waals surface area contributed by atoms with Crippen molar-refractivity contribution in [1.29, 1.82) is 0 Å². The number of hydrogen-bond acceptors (Lipinski definition) is 2. The Bertz CT molecular complexity index is 362. The van der Waals surface area contributed by atoms with Crippen molar-refractivity contribution in [2.24, 2.45) is 0 Å². The summed E-state index contributed by atoms with van der Waals surface area (Å²) in [6.07, 6.45) is 3.95. The summed E-state index contributed by atoms with van der Waals surface area (Å²) in [6.45, 7) is 7.77. The monoisotopic (exact) mass is 263 g/mol. The number of benzene rings is 1. The van der Waals surface area contributed by atoms with Gasteiger partial charge in [0.15, 0.2) is 0 Å². The summed E-state index contributed by atoms with van der Waals surface area (Å²) in [7, 11) is 0. The molecular formula is C16H25NS. The summed E-state index contributed by atoms with van der Waals surface area (Å²) in [5, 5.41) is 4.52. The Labute approximate surface area is 116 Å².